The summed E-state index contributed by atoms with van der Waals surface area (Å²) in [5.41, 5.74) is 6.92. The second kappa shape index (κ2) is 6.25. The van der Waals surface area contributed by atoms with Crippen molar-refractivity contribution in [2.45, 2.75) is 31.7 Å². The molecule has 0 bridgehead atoms. The van der Waals surface area contributed by atoms with E-state index in [0.717, 1.165) is 17.7 Å². The Bertz CT molecular complexity index is 361. The van der Waals surface area contributed by atoms with Crippen molar-refractivity contribution in [3.8, 4) is 5.75 Å². The zero-order valence-electron chi connectivity index (χ0n) is 10.2. The summed E-state index contributed by atoms with van der Waals surface area (Å²) < 4.78 is 5.07. The first-order chi connectivity index (χ1) is 8.08. The molecule has 0 aliphatic heterocycles. The lowest BCUT2D eigenvalue weighted by Crippen LogP contribution is -2.29. The average Bonchev–Trinajstić information content (AvgIpc) is 2.35. The molecule has 94 valence electrons. The minimum absolute atomic E-state index is 0.0569. The van der Waals surface area contributed by atoms with Gasteiger partial charge in [0.05, 0.1) is 13.5 Å². The molecule has 0 aromatic heterocycles. The maximum Gasteiger partial charge on any atom is 0.304 e. The van der Waals surface area contributed by atoms with E-state index in [2.05, 4.69) is 0 Å². The van der Waals surface area contributed by atoms with Gasteiger partial charge in [-0.05, 0) is 24.1 Å². The minimum Gasteiger partial charge on any atom is -0.497 e. The van der Waals surface area contributed by atoms with Gasteiger partial charge in [0.2, 0.25) is 0 Å². The van der Waals surface area contributed by atoms with Crippen LogP contribution in [-0.2, 0) is 4.79 Å². The summed E-state index contributed by atoms with van der Waals surface area (Å²) in [4.78, 5) is 10.8. The van der Waals surface area contributed by atoms with Crippen LogP contribution in [0.3, 0.4) is 0 Å². The molecule has 0 radical (unpaired) electrons. The van der Waals surface area contributed by atoms with E-state index in [-0.39, 0.29) is 18.4 Å². The van der Waals surface area contributed by atoms with Gasteiger partial charge in [0.25, 0.3) is 0 Å². The Hall–Kier alpha value is -1.55. The van der Waals surface area contributed by atoms with Crippen molar-refractivity contribution in [2.75, 3.05) is 7.11 Å². The third-order valence-corrected chi connectivity index (χ3v) is 2.93. The molecular weight excluding hydrogens is 218 g/mol. The number of nitrogens with two attached hydrogens (primary N) is 1. The fraction of sp³-hybridized carbons (Fsp3) is 0.462. The predicted octanol–water partition coefficient (Wildman–Crippen LogP) is 1.99. The van der Waals surface area contributed by atoms with Gasteiger partial charge in [0, 0.05) is 12.0 Å². The Morgan fingerprint density at radius 3 is 2.41 bits per heavy atom. The van der Waals surface area contributed by atoms with Crippen LogP contribution < -0.4 is 10.5 Å². The lowest BCUT2D eigenvalue weighted by molar-refractivity contribution is -0.137. The second-order valence-corrected chi connectivity index (χ2v) is 4.05. The summed E-state index contributed by atoms with van der Waals surface area (Å²) in [6.45, 7) is 1.96. The Labute approximate surface area is 101 Å². The average molecular weight is 237 g/mol. The van der Waals surface area contributed by atoms with E-state index in [1.807, 2.05) is 31.2 Å². The molecule has 0 aliphatic carbocycles. The van der Waals surface area contributed by atoms with Gasteiger partial charge in [-0.25, -0.2) is 0 Å². The Kier molecular flexibility index (Phi) is 4.97. The maximum absolute atomic E-state index is 10.8. The molecular formula is C13H19NO3. The van der Waals surface area contributed by atoms with Crippen LogP contribution in [0.15, 0.2) is 24.3 Å². The number of hydrogen-bond donors (Lipinski definition) is 2. The maximum atomic E-state index is 10.8. The molecule has 4 nitrogen and oxygen atoms in total. The third kappa shape index (κ3) is 3.75. The van der Waals surface area contributed by atoms with Crippen LogP contribution in [0, 0.1) is 0 Å². The number of aliphatic carboxylic acids is 1. The first-order valence-corrected chi connectivity index (χ1v) is 5.69. The molecule has 1 rings (SSSR count). The first-order valence-electron chi connectivity index (χ1n) is 5.69. The predicted molar refractivity (Wildman–Crippen MR) is 66.3 cm³/mol. The molecule has 1 aromatic rings. The largest absolute Gasteiger partial charge is 0.497 e. The lowest BCUT2D eigenvalue weighted by Gasteiger charge is -2.21. The van der Waals surface area contributed by atoms with E-state index in [1.54, 1.807) is 7.11 Å². The van der Waals surface area contributed by atoms with Gasteiger partial charge < -0.3 is 15.6 Å². The van der Waals surface area contributed by atoms with Gasteiger partial charge >= 0.3 is 5.97 Å². The minimum atomic E-state index is -0.824. The fourth-order valence-corrected chi connectivity index (χ4v) is 1.84. The number of methoxy groups -OCH3 is 1. The molecule has 2 atom stereocenters. The third-order valence-electron chi connectivity index (χ3n) is 2.93. The Morgan fingerprint density at radius 1 is 1.41 bits per heavy atom. The second-order valence-electron chi connectivity index (χ2n) is 4.05. The van der Waals surface area contributed by atoms with E-state index in [9.17, 15) is 4.79 Å². The monoisotopic (exact) mass is 237 g/mol. The van der Waals surface area contributed by atoms with Gasteiger partial charge in [-0.2, -0.15) is 0 Å². The van der Waals surface area contributed by atoms with Crippen molar-refractivity contribution in [3.63, 3.8) is 0 Å². The van der Waals surface area contributed by atoms with E-state index >= 15 is 0 Å². The highest BCUT2D eigenvalue weighted by molar-refractivity contribution is 5.68. The van der Waals surface area contributed by atoms with Crippen LogP contribution in [0.25, 0.3) is 0 Å². The fourth-order valence-electron chi connectivity index (χ4n) is 1.84. The molecule has 0 saturated carbocycles. The number of carboxylic acid groups (broad SMARTS) is 1. The van der Waals surface area contributed by atoms with Crippen LogP contribution in [0.1, 0.15) is 31.2 Å². The Balaban J connectivity index is 2.91. The number of rotatable bonds is 6. The SMILES string of the molecule is CCC(N)C(CC(=O)O)c1ccc(OC)cc1. The summed E-state index contributed by atoms with van der Waals surface area (Å²) in [5.74, 6) is -0.217. The Morgan fingerprint density at radius 2 is 2.00 bits per heavy atom. The van der Waals surface area contributed by atoms with Crippen molar-refractivity contribution >= 4 is 5.97 Å². The van der Waals surface area contributed by atoms with Gasteiger partial charge in [0.1, 0.15) is 5.75 Å². The molecule has 0 aliphatic rings. The van der Waals surface area contributed by atoms with Crippen molar-refractivity contribution in [1.82, 2.24) is 0 Å². The zero-order chi connectivity index (χ0) is 12.8. The number of hydrogen-bond acceptors (Lipinski definition) is 3. The van der Waals surface area contributed by atoms with E-state index in [1.165, 1.54) is 0 Å². The smallest absolute Gasteiger partial charge is 0.304 e. The number of ether oxygens (including phenoxy) is 1. The molecule has 0 heterocycles. The summed E-state index contributed by atoms with van der Waals surface area (Å²) in [6, 6.07) is 7.27. The molecule has 4 heteroatoms. The highest BCUT2D eigenvalue weighted by Crippen LogP contribution is 2.26. The van der Waals surface area contributed by atoms with Crippen molar-refractivity contribution < 1.29 is 14.6 Å². The van der Waals surface area contributed by atoms with Crippen LogP contribution in [0.2, 0.25) is 0 Å². The van der Waals surface area contributed by atoms with Gasteiger partial charge in [-0.1, -0.05) is 19.1 Å². The van der Waals surface area contributed by atoms with Crippen molar-refractivity contribution in [1.29, 1.82) is 0 Å². The van der Waals surface area contributed by atoms with Gasteiger partial charge in [-0.3, -0.25) is 4.79 Å². The molecule has 2 unspecified atom stereocenters. The first kappa shape index (κ1) is 13.5. The summed E-state index contributed by atoms with van der Waals surface area (Å²) in [6.07, 6.45) is 0.811. The standard InChI is InChI=1S/C13H19NO3/c1-3-12(14)11(8-13(15)16)9-4-6-10(17-2)7-5-9/h4-7,11-12H,3,8,14H2,1-2H3,(H,15,16). The van der Waals surface area contributed by atoms with Gasteiger partial charge in [-0.15, -0.1) is 0 Å². The van der Waals surface area contributed by atoms with Gasteiger partial charge in [0.15, 0.2) is 0 Å². The lowest BCUT2D eigenvalue weighted by atomic mass is 9.87. The van der Waals surface area contributed by atoms with Crippen LogP contribution in [0.4, 0.5) is 0 Å². The topological polar surface area (TPSA) is 72.6 Å². The van der Waals surface area contributed by atoms with Crippen molar-refractivity contribution in [2.24, 2.45) is 5.73 Å². The normalized spacial score (nSPS) is 14.1. The zero-order valence-corrected chi connectivity index (χ0v) is 10.2. The van der Waals surface area contributed by atoms with E-state index in [0.29, 0.717) is 0 Å². The summed E-state index contributed by atoms with van der Waals surface area (Å²) in [5, 5.41) is 8.91. The molecule has 0 amide bonds. The quantitative estimate of drug-likeness (QED) is 0.793. The molecule has 3 N–H and O–H groups in total. The van der Waals surface area contributed by atoms with Crippen molar-refractivity contribution in [3.05, 3.63) is 29.8 Å². The molecule has 17 heavy (non-hydrogen) atoms. The molecule has 0 spiro atoms. The highest BCUT2D eigenvalue weighted by Gasteiger charge is 2.21. The van der Waals surface area contributed by atoms with Crippen LogP contribution in [-0.4, -0.2) is 24.2 Å². The molecule has 0 saturated heterocycles. The molecule has 0 fully saturated rings. The number of benzene rings is 1. The van der Waals surface area contributed by atoms with E-state index in [4.69, 9.17) is 15.6 Å². The van der Waals surface area contributed by atoms with Crippen LogP contribution >= 0.6 is 0 Å². The van der Waals surface area contributed by atoms with Crippen LogP contribution in [0.5, 0.6) is 5.75 Å². The highest BCUT2D eigenvalue weighted by atomic mass is 16.5. The number of carboxylic acids is 1. The number of carbonyl (C=O) groups is 1. The summed E-state index contributed by atoms with van der Waals surface area (Å²) >= 11 is 0. The molecule has 1 aromatic carbocycles. The van der Waals surface area contributed by atoms with E-state index < -0.39 is 5.97 Å². The summed E-state index contributed by atoms with van der Waals surface area (Å²) in [7, 11) is 1.60.